The van der Waals surface area contributed by atoms with Crippen LogP contribution in [0.1, 0.15) is 5.56 Å². The molecule has 124 valence electrons. The summed E-state index contributed by atoms with van der Waals surface area (Å²) in [4.78, 5) is 0. The molecule has 7 heteroatoms. The van der Waals surface area contributed by atoms with E-state index in [0.29, 0.717) is 17.0 Å². The predicted octanol–water partition coefficient (Wildman–Crippen LogP) is 5.53. The van der Waals surface area contributed by atoms with Crippen molar-refractivity contribution in [3.05, 3.63) is 58.6 Å². The number of aromatic nitrogens is 2. The summed E-state index contributed by atoms with van der Waals surface area (Å²) in [5, 5.41) is 6.96. The number of aromatic amines is 1. The molecule has 0 aliphatic rings. The highest BCUT2D eigenvalue weighted by atomic mass is 79.9. The monoisotopic (exact) mass is 396 g/mol. The van der Waals surface area contributed by atoms with E-state index in [1.165, 1.54) is 13.2 Å². The van der Waals surface area contributed by atoms with Gasteiger partial charge in [0.2, 0.25) is 0 Å². The Morgan fingerprint density at radius 1 is 1.04 bits per heavy atom. The Hall–Kier alpha value is -2.28. The second-order valence-electron chi connectivity index (χ2n) is 5.09. The molecule has 0 radical (unpaired) electrons. The second kappa shape index (κ2) is 6.32. The highest BCUT2D eigenvalue weighted by molar-refractivity contribution is 9.10. The molecule has 0 fully saturated rings. The highest BCUT2D eigenvalue weighted by Gasteiger charge is 2.34. The molecule has 0 aliphatic carbocycles. The Morgan fingerprint density at radius 2 is 1.83 bits per heavy atom. The van der Waals surface area contributed by atoms with Crippen molar-refractivity contribution in [3.8, 4) is 28.3 Å². The van der Waals surface area contributed by atoms with Gasteiger partial charge in [-0.1, -0.05) is 28.1 Å². The first-order valence-corrected chi connectivity index (χ1v) is 7.75. The molecule has 1 N–H and O–H groups in total. The molecule has 0 saturated carbocycles. The lowest BCUT2D eigenvalue weighted by molar-refractivity contribution is -0.138. The summed E-state index contributed by atoms with van der Waals surface area (Å²) in [6.45, 7) is 0. The van der Waals surface area contributed by atoms with Gasteiger partial charge in [-0.3, -0.25) is 5.10 Å². The standard InChI is InChI=1S/C17H12BrF3N2O/c1-24-16-6-5-11(8-13(16)17(19,20)21)15-9-14(22-23-15)10-3-2-4-12(18)7-10/h2-9H,1H3,(H,22,23). The molecule has 0 bridgehead atoms. The number of alkyl halides is 3. The van der Waals surface area contributed by atoms with Crippen molar-refractivity contribution in [2.24, 2.45) is 0 Å². The number of hydrogen-bond acceptors (Lipinski definition) is 2. The summed E-state index contributed by atoms with van der Waals surface area (Å²) < 4.78 is 45.1. The van der Waals surface area contributed by atoms with Crippen LogP contribution in [0.2, 0.25) is 0 Å². The third-order valence-electron chi connectivity index (χ3n) is 3.51. The van der Waals surface area contributed by atoms with Gasteiger partial charge in [-0.2, -0.15) is 18.3 Å². The van der Waals surface area contributed by atoms with Gasteiger partial charge in [0, 0.05) is 15.6 Å². The first-order valence-electron chi connectivity index (χ1n) is 6.95. The van der Waals surface area contributed by atoms with Crippen LogP contribution >= 0.6 is 15.9 Å². The molecular formula is C17H12BrF3N2O. The van der Waals surface area contributed by atoms with Gasteiger partial charge >= 0.3 is 6.18 Å². The van der Waals surface area contributed by atoms with Gasteiger partial charge in [0.1, 0.15) is 5.75 Å². The van der Waals surface area contributed by atoms with Gasteiger partial charge in [0.25, 0.3) is 0 Å². The zero-order valence-corrected chi connectivity index (χ0v) is 14.1. The molecular weight excluding hydrogens is 385 g/mol. The molecule has 3 rings (SSSR count). The topological polar surface area (TPSA) is 37.9 Å². The summed E-state index contributed by atoms with van der Waals surface area (Å²) in [6.07, 6.45) is -4.49. The lowest BCUT2D eigenvalue weighted by atomic mass is 10.1. The number of benzene rings is 2. The number of nitrogens with one attached hydrogen (secondary N) is 1. The van der Waals surface area contributed by atoms with Gasteiger partial charge < -0.3 is 4.74 Å². The molecule has 0 unspecified atom stereocenters. The van der Waals surface area contributed by atoms with Gasteiger partial charge in [0.05, 0.1) is 24.1 Å². The minimum atomic E-state index is -4.49. The zero-order valence-electron chi connectivity index (χ0n) is 12.5. The van der Waals surface area contributed by atoms with Crippen LogP contribution in [0.25, 0.3) is 22.5 Å². The van der Waals surface area contributed by atoms with Crippen LogP contribution in [-0.2, 0) is 6.18 Å². The highest BCUT2D eigenvalue weighted by Crippen LogP contribution is 2.38. The first kappa shape index (κ1) is 16.6. The van der Waals surface area contributed by atoms with Crippen LogP contribution in [-0.4, -0.2) is 17.3 Å². The molecule has 3 aromatic rings. The summed E-state index contributed by atoms with van der Waals surface area (Å²) in [5.74, 6) is -0.210. The van der Waals surface area contributed by atoms with Gasteiger partial charge in [0.15, 0.2) is 0 Å². The lowest BCUT2D eigenvalue weighted by Gasteiger charge is -2.12. The average molecular weight is 397 g/mol. The molecule has 2 aromatic carbocycles. The smallest absolute Gasteiger partial charge is 0.419 e. The predicted molar refractivity (Wildman–Crippen MR) is 88.7 cm³/mol. The van der Waals surface area contributed by atoms with Crippen LogP contribution in [0.3, 0.4) is 0 Å². The quantitative estimate of drug-likeness (QED) is 0.631. The number of halogens is 4. The van der Waals surface area contributed by atoms with Gasteiger partial charge in [-0.15, -0.1) is 0 Å². The van der Waals surface area contributed by atoms with E-state index in [-0.39, 0.29) is 5.75 Å². The van der Waals surface area contributed by atoms with Crippen LogP contribution in [0, 0.1) is 0 Å². The molecule has 0 saturated heterocycles. The Balaban J connectivity index is 2.01. The normalized spacial score (nSPS) is 11.5. The molecule has 0 aliphatic heterocycles. The van der Waals surface area contributed by atoms with Crippen molar-refractivity contribution in [2.75, 3.05) is 7.11 Å². The molecule has 0 amide bonds. The van der Waals surface area contributed by atoms with E-state index in [1.807, 2.05) is 24.3 Å². The van der Waals surface area contributed by atoms with Crippen LogP contribution < -0.4 is 4.74 Å². The Morgan fingerprint density at radius 3 is 2.50 bits per heavy atom. The van der Waals surface area contributed by atoms with Crippen LogP contribution in [0.5, 0.6) is 5.75 Å². The maximum Gasteiger partial charge on any atom is 0.419 e. The van der Waals surface area contributed by atoms with Crippen molar-refractivity contribution in [3.63, 3.8) is 0 Å². The lowest BCUT2D eigenvalue weighted by Crippen LogP contribution is -2.07. The third kappa shape index (κ3) is 3.31. The Labute approximate surface area is 144 Å². The average Bonchev–Trinajstić information content (AvgIpc) is 3.03. The molecule has 1 aromatic heterocycles. The van der Waals surface area contributed by atoms with Crippen molar-refractivity contribution < 1.29 is 17.9 Å². The third-order valence-corrected chi connectivity index (χ3v) is 4.01. The van der Waals surface area contributed by atoms with Gasteiger partial charge in [-0.05, 0) is 36.4 Å². The first-order chi connectivity index (χ1) is 11.4. The van der Waals surface area contributed by atoms with E-state index in [9.17, 15) is 13.2 Å². The Bertz CT molecular complexity index is 874. The molecule has 0 atom stereocenters. The van der Waals surface area contributed by atoms with Crippen LogP contribution in [0.4, 0.5) is 13.2 Å². The summed E-state index contributed by atoms with van der Waals surface area (Å²) in [6, 6.07) is 13.1. The summed E-state index contributed by atoms with van der Waals surface area (Å²) in [7, 11) is 1.21. The number of ether oxygens (including phenoxy) is 1. The van der Waals surface area contributed by atoms with Crippen LogP contribution in [0.15, 0.2) is 53.0 Å². The Kier molecular flexibility index (Phi) is 4.36. The summed E-state index contributed by atoms with van der Waals surface area (Å²) in [5.41, 5.74) is 1.57. The molecule has 0 spiro atoms. The molecule has 3 nitrogen and oxygen atoms in total. The number of nitrogens with zero attached hydrogens (tertiary/aromatic N) is 1. The van der Waals surface area contributed by atoms with E-state index in [1.54, 1.807) is 12.1 Å². The maximum absolute atomic E-state index is 13.1. The minimum Gasteiger partial charge on any atom is -0.496 e. The van der Waals surface area contributed by atoms with E-state index >= 15 is 0 Å². The molecule has 1 heterocycles. The number of hydrogen-bond donors (Lipinski definition) is 1. The van der Waals surface area contributed by atoms with E-state index in [4.69, 9.17) is 4.74 Å². The zero-order chi connectivity index (χ0) is 17.3. The number of methoxy groups -OCH3 is 1. The summed E-state index contributed by atoms with van der Waals surface area (Å²) >= 11 is 3.38. The van der Waals surface area contributed by atoms with Crippen molar-refractivity contribution in [1.29, 1.82) is 0 Å². The van der Waals surface area contributed by atoms with E-state index in [0.717, 1.165) is 16.1 Å². The van der Waals surface area contributed by atoms with E-state index < -0.39 is 11.7 Å². The van der Waals surface area contributed by atoms with Crippen molar-refractivity contribution >= 4 is 15.9 Å². The fraction of sp³-hybridized carbons (Fsp3) is 0.118. The largest absolute Gasteiger partial charge is 0.496 e. The van der Waals surface area contributed by atoms with Gasteiger partial charge in [-0.25, -0.2) is 0 Å². The van der Waals surface area contributed by atoms with Crippen molar-refractivity contribution in [1.82, 2.24) is 10.2 Å². The maximum atomic E-state index is 13.1. The number of rotatable bonds is 3. The van der Waals surface area contributed by atoms with Crippen molar-refractivity contribution in [2.45, 2.75) is 6.18 Å². The fourth-order valence-electron chi connectivity index (χ4n) is 2.36. The molecule has 24 heavy (non-hydrogen) atoms. The fourth-order valence-corrected chi connectivity index (χ4v) is 2.76. The second-order valence-corrected chi connectivity index (χ2v) is 6.01. The minimum absolute atomic E-state index is 0.210. The SMILES string of the molecule is COc1ccc(-c2cc(-c3cccc(Br)c3)n[nH]2)cc1C(F)(F)F. The van der Waals surface area contributed by atoms with E-state index in [2.05, 4.69) is 26.1 Å². The number of H-pyrrole nitrogens is 1.